The molecule has 0 radical (unpaired) electrons. The molecule has 0 saturated heterocycles. The van der Waals surface area contributed by atoms with E-state index in [0.29, 0.717) is 16.9 Å². The maximum Gasteiger partial charge on any atom is 0.410 e. The van der Waals surface area contributed by atoms with Crippen molar-refractivity contribution in [3.8, 4) is 16.9 Å². The van der Waals surface area contributed by atoms with Gasteiger partial charge in [-0.05, 0) is 93.1 Å². The summed E-state index contributed by atoms with van der Waals surface area (Å²) in [5, 5.41) is 4.18. The number of amides is 1. The van der Waals surface area contributed by atoms with Gasteiger partial charge in [0.15, 0.2) is 0 Å². The molecule has 4 aromatic rings. The van der Waals surface area contributed by atoms with Crippen LogP contribution in [0.4, 0.5) is 9.18 Å². The predicted octanol–water partition coefficient (Wildman–Crippen LogP) is 5.96. The van der Waals surface area contributed by atoms with Crippen molar-refractivity contribution >= 4 is 16.1 Å². The van der Waals surface area contributed by atoms with E-state index >= 15 is 4.39 Å². The zero-order valence-electron chi connectivity index (χ0n) is 22.3. The van der Waals surface area contributed by atoms with E-state index in [1.165, 1.54) is 33.3 Å². The van der Waals surface area contributed by atoms with Crippen LogP contribution in [-0.2, 0) is 21.3 Å². The normalized spacial score (nSPS) is 13.9. The maximum absolute atomic E-state index is 15.2. The fourth-order valence-electron chi connectivity index (χ4n) is 4.57. The predicted molar refractivity (Wildman–Crippen MR) is 146 cm³/mol. The highest BCUT2D eigenvalue weighted by molar-refractivity contribution is 7.90. The van der Waals surface area contributed by atoms with Crippen molar-refractivity contribution in [2.24, 2.45) is 0 Å². The summed E-state index contributed by atoms with van der Waals surface area (Å²) in [4.78, 5) is 14.2. The minimum Gasteiger partial charge on any atom is -0.444 e. The number of nitrogens with zero attached hydrogens (tertiary/aromatic N) is 4. The number of hydrogen-bond acceptors (Lipinski definition) is 5. The van der Waals surface area contributed by atoms with Crippen LogP contribution in [0, 0.1) is 5.82 Å². The monoisotopic (exact) mass is 550 g/mol. The summed E-state index contributed by atoms with van der Waals surface area (Å²) in [5.41, 5.74) is 1.90. The van der Waals surface area contributed by atoms with Crippen LogP contribution in [0.25, 0.3) is 16.9 Å². The van der Waals surface area contributed by atoms with E-state index < -0.39 is 27.5 Å². The van der Waals surface area contributed by atoms with E-state index in [0.717, 1.165) is 18.4 Å². The zero-order chi connectivity index (χ0) is 27.9. The topological polar surface area (TPSA) is 86.4 Å². The van der Waals surface area contributed by atoms with Crippen LogP contribution >= 0.6 is 0 Å². The number of halogens is 1. The van der Waals surface area contributed by atoms with Gasteiger partial charge in [-0.3, -0.25) is 0 Å². The van der Waals surface area contributed by atoms with Crippen molar-refractivity contribution in [1.29, 1.82) is 0 Å². The smallest absolute Gasteiger partial charge is 0.410 e. The molecule has 2 heterocycles. The van der Waals surface area contributed by atoms with Crippen molar-refractivity contribution in [3.05, 3.63) is 90.1 Å². The lowest BCUT2D eigenvalue weighted by Crippen LogP contribution is -2.33. The second kappa shape index (κ2) is 10.00. The standard InChI is InChI=1S/C29H31FN4O4S/c1-29(2,3)38-28(35)32(4)18-21-19-34(27(26(21)20-10-11-20)24-8-5-6-9-25(24)30)39(36,37)23-14-12-22(13-15-23)33-17-7-16-31-33/h5-9,12-17,19-20H,10-11,18H2,1-4H3. The van der Waals surface area contributed by atoms with Crippen LogP contribution in [0.3, 0.4) is 0 Å². The third-order valence-electron chi connectivity index (χ3n) is 6.48. The summed E-state index contributed by atoms with van der Waals surface area (Å²) < 4.78 is 51.6. The zero-order valence-corrected chi connectivity index (χ0v) is 23.2. The van der Waals surface area contributed by atoms with Gasteiger partial charge >= 0.3 is 6.09 Å². The molecule has 10 heteroatoms. The molecule has 39 heavy (non-hydrogen) atoms. The number of benzene rings is 2. The number of hydrogen-bond donors (Lipinski definition) is 0. The second-order valence-corrected chi connectivity index (χ2v) is 12.6. The fourth-order valence-corrected chi connectivity index (χ4v) is 5.98. The van der Waals surface area contributed by atoms with Crippen molar-refractivity contribution in [2.75, 3.05) is 7.05 Å². The molecule has 1 aliphatic carbocycles. The molecule has 1 saturated carbocycles. The average Bonchev–Trinajstić information content (AvgIpc) is 3.42. The van der Waals surface area contributed by atoms with Gasteiger partial charge in [0.25, 0.3) is 10.0 Å². The summed E-state index contributed by atoms with van der Waals surface area (Å²) in [6.07, 6.45) is 6.11. The number of carbonyl (C=O) groups excluding carboxylic acids is 1. The molecule has 1 aliphatic rings. The molecule has 1 fully saturated rings. The molecule has 0 spiro atoms. The van der Waals surface area contributed by atoms with Crippen molar-refractivity contribution in [3.63, 3.8) is 0 Å². The molecule has 1 amide bonds. The van der Waals surface area contributed by atoms with Gasteiger partial charge in [0.1, 0.15) is 11.4 Å². The first-order valence-corrected chi connectivity index (χ1v) is 14.2. The lowest BCUT2D eigenvalue weighted by atomic mass is 10.0. The Morgan fingerprint density at radius 1 is 1.10 bits per heavy atom. The summed E-state index contributed by atoms with van der Waals surface area (Å²) in [6, 6.07) is 14.3. The van der Waals surface area contributed by atoms with Crippen molar-refractivity contribution in [2.45, 2.75) is 56.6 Å². The van der Waals surface area contributed by atoms with Crippen molar-refractivity contribution < 1.29 is 22.3 Å². The Hall–Kier alpha value is -3.92. The summed E-state index contributed by atoms with van der Waals surface area (Å²) >= 11 is 0. The lowest BCUT2D eigenvalue weighted by Gasteiger charge is -2.24. The molecule has 0 bridgehead atoms. The van der Waals surface area contributed by atoms with Crippen LogP contribution in [-0.4, -0.2) is 45.8 Å². The van der Waals surface area contributed by atoms with E-state index in [9.17, 15) is 13.2 Å². The molecule has 8 nitrogen and oxygen atoms in total. The molecule has 2 aromatic heterocycles. The molecule has 0 N–H and O–H groups in total. The molecular weight excluding hydrogens is 519 g/mol. The van der Waals surface area contributed by atoms with Gasteiger partial charge in [0.2, 0.25) is 0 Å². The van der Waals surface area contributed by atoms with Gasteiger partial charge < -0.3 is 9.64 Å². The summed E-state index contributed by atoms with van der Waals surface area (Å²) in [6.45, 7) is 5.46. The largest absolute Gasteiger partial charge is 0.444 e. The highest BCUT2D eigenvalue weighted by Gasteiger charge is 2.36. The Kier molecular flexibility index (Phi) is 6.84. The third kappa shape index (κ3) is 5.47. The Morgan fingerprint density at radius 2 is 1.79 bits per heavy atom. The average molecular weight is 551 g/mol. The first-order valence-electron chi connectivity index (χ1n) is 12.7. The van der Waals surface area contributed by atoms with Crippen molar-refractivity contribution in [1.82, 2.24) is 18.7 Å². The molecule has 0 unspecified atom stereocenters. The number of ether oxygens (including phenoxy) is 1. The van der Waals surface area contributed by atoms with Crippen LogP contribution in [0.5, 0.6) is 0 Å². The highest BCUT2D eigenvalue weighted by atomic mass is 32.2. The quantitative estimate of drug-likeness (QED) is 0.283. The molecule has 204 valence electrons. The van der Waals surface area contributed by atoms with E-state index in [4.69, 9.17) is 4.74 Å². The van der Waals surface area contributed by atoms with E-state index in [1.54, 1.807) is 81.3 Å². The van der Waals surface area contributed by atoms with Gasteiger partial charge in [-0.2, -0.15) is 5.10 Å². The number of rotatable bonds is 7. The Bertz CT molecular complexity index is 1600. The minimum absolute atomic E-state index is 0.0559. The summed E-state index contributed by atoms with van der Waals surface area (Å²) in [5.74, 6) is -0.449. The number of aromatic nitrogens is 3. The molecule has 5 rings (SSSR count). The van der Waals surface area contributed by atoms with Crippen LogP contribution in [0.15, 0.2) is 78.1 Å². The van der Waals surface area contributed by atoms with Crippen LogP contribution in [0.2, 0.25) is 0 Å². The molecule has 2 aromatic carbocycles. The SMILES string of the molecule is CN(Cc1cn(S(=O)(=O)c2ccc(-n3cccn3)cc2)c(-c2ccccc2F)c1C1CC1)C(=O)OC(C)(C)C. The lowest BCUT2D eigenvalue weighted by molar-refractivity contribution is 0.0285. The molecule has 0 atom stereocenters. The highest BCUT2D eigenvalue weighted by Crippen LogP contribution is 2.48. The fraction of sp³-hybridized carbons (Fsp3) is 0.310. The van der Waals surface area contributed by atoms with E-state index in [-0.39, 0.29) is 22.9 Å². The van der Waals surface area contributed by atoms with E-state index in [2.05, 4.69) is 5.10 Å². The van der Waals surface area contributed by atoms with Gasteiger partial charge in [-0.15, -0.1) is 0 Å². The van der Waals surface area contributed by atoms with Crippen LogP contribution < -0.4 is 0 Å². The van der Waals surface area contributed by atoms with Gasteiger partial charge in [-0.25, -0.2) is 26.3 Å². The Morgan fingerprint density at radius 3 is 2.38 bits per heavy atom. The summed E-state index contributed by atoms with van der Waals surface area (Å²) in [7, 11) is -2.52. The van der Waals surface area contributed by atoms with Gasteiger partial charge in [0.05, 0.1) is 22.8 Å². The maximum atomic E-state index is 15.2. The third-order valence-corrected chi connectivity index (χ3v) is 8.16. The first-order chi connectivity index (χ1) is 18.5. The first kappa shape index (κ1) is 26.7. The minimum atomic E-state index is -4.13. The Labute approximate surface area is 227 Å². The molecular formula is C29H31FN4O4S. The molecule has 0 aliphatic heterocycles. The number of carbonyl (C=O) groups is 1. The van der Waals surface area contributed by atoms with Crippen LogP contribution in [0.1, 0.15) is 50.7 Å². The second-order valence-electron chi connectivity index (χ2n) is 10.8. The van der Waals surface area contributed by atoms with Gasteiger partial charge in [0, 0.05) is 31.2 Å². The Balaban J connectivity index is 1.62. The van der Waals surface area contributed by atoms with Gasteiger partial charge in [-0.1, -0.05) is 12.1 Å². The van der Waals surface area contributed by atoms with E-state index in [1.807, 2.05) is 0 Å².